The van der Waals surface area contributed by atoms with E-state index in [0.717, 1.165) is 38.4 Å². The van der Waals surface area contributed by atoms with Crippen molar-refractivity contribution < 1.29 is 19.0 Å². The first-order chi connectivity index (χ1) is 8.68. The zero-order chi connectivity index (χ0) is 13.0. The smallest absolute Gasteiger partial charge is 0.342 e. The monoisotopic (exact) mass is 253 g/mol. The summed E-state index contributed by atoms with van der Waals surface area (Å²) in [6.07, 6.45) is 2.57. The summed E-state index contributed by atoms with van der Waals surface area (Å²) in [5.74, 6) is -1.93. The number of carboxylic acids is 1. The highest BCUT2D eigenvalue weighted by Crippen LogP contribution is 2.24. The van der Waals surface area contributed by atoms with Gasteiger partial charge < -0.3 is 15.2 Å². The molecular formula is C13H16FNO3. The lowest BCUT2D eigenvalue weighted by Crippen LogP contribution is -2.20. The second-order valence-electron chi connectivity index (χ2n) is 4.34. The van der Waals surface area contributed by atoms with Crippen LogP contribution in [0.25, 0.3) is 0 Å². The normalized spacial score (nSPS) is 20.2. The Morgan fingerprint density at radius 2 is 2.22 bits per heavy atom. The van der Waals surface area contributed by atoms with Gasteiger partial charge in [0.25, 0.3) is 0 Å². The number of hydrogen-bond donors (Lipinski definition) is 2. The van der Waals surface area contributed by atoms with Gasteiger partial charge in [0.2, 0.25) is 0 Å². The largest absolute Gasteiger partial charge is 0.489 e. The number of carboxylic acid groups (broad SMARTS) is 1. The van der Waals surface area contributed by atoms with E-state index in [9.17, 15) is 9.18 Å². The summed E-state index contributed by atoms with van der Waals surface area (Å²) in [6, 6.07) is 4.10. The topological polar surface area (TPSA) is 58.6 Å². The average Bonchev–Trinajstić information content (AvgIpc) is 2.57. The van der Waals surface area contributed by atoms with Crippen molar-refractivity contribution in [2.45, 2.75) is 25.4 Å². The number of halogens is 1. The van der Waals surface area contributed by atoms with E-state index in [1.165, 1.54) is 12.1 Å². The molecule has 18 heavy (non-hydrogen) atoms. The number of hydrogen-bond acceptors (Lipinski definition) is 3. The summed E-state index contributed by atoms with van der Waals surface area (Å²) >= 11 is 0. The third kappa shape index (κ3) is 2.98. The lowest BCUT2D eigenvalue weighted by atomic mass is 10.1. The van der Waals surface area contributed by atoms with Crippen molar-refractivity contribution >= 4 is 5.97 Å². The molecule has 4 nitrogen and oxygen atoms in total. The first-order valence-corrected chi connectivity index (χ1v) is 6.07. The molecule has 0 bridgehead atoms. The highest BCUT2D eigenvalue weighted by molar-refractivity contribution is 5.91. The third-order valence-corrected chi connectivity index (χ3v) is 3.01. The van der Waals surface area contributed by atoms with Gasteiger partial charge >= 0.3 is 5.97 Å². The third-order valence-electron chi connectivity index (χ3n) is 3.01. The van der Waals surface area contributed by atoms with E-state index in [-0.39, 0.29) is 17.4 Å². The van der Waals surface area contributed by atoms with Gasteiger partial charge in [-0.2, -0.15) is 0 Å². The summed E-state index contributed by atoms with van der Waals surface area (Å²) in [4.78, 5) is 11.0. The van der Waals surface area contributed by atoms with Crippen LogP contribution in [0.1, 0.15) is 29.6 Å². The van der Waals surface area contributed by atoms with Crippen LogP contribution in [0.15, 0.2) is 18.2 Å². The lowest BCUT2D eigenvalue weighted by molar-refractivity contribution is 0.0682. The van der Waals surface area contributed by atoms with Crippen molar-refractivity contribution in [1.82, 2.24) is 5.32 Å². The summed E-state index contributed by atoms with van der Waals surface area (Å²) < 4.78 is 19.1. The van der Waals surface area contributed by atoms with Crippen molar-refractivity contribution in [2.75, 3.05) is 13.1 Å². The van der Waals surface area contributed by atoms with Crippen LogP contribution in [0.5, 0.6) is 5.75 Å². The average molecular weight is 253 g/mol. The maximum atomic E-state index is 13.5. The molecule has 1 aromatic carbocycles. The Morgan fingerprint density at radius 1 is 1.39 bits per heavy atom. The number of aromatic carboxylic acids is 1. The Morgan fingerprint density at radius 3 is 3.00 bits per heavy atom. The van der Waals surface area contributed by atoms with E-state index in [0.29, 0.717) is 0 Å². The second-order valence-corrected chi connectivity index (χ2v) is 4.34. The quantitative estimate of drug-likeness (QED) is 0.865. The number of nitrogens with one attached hydrogen (secondary N) is 1. The molecule has 1 aliphatic rings. The van der Waals surface area contributed by atoms with Gasteiger partial charge in [-0.3, -0.25) is 0 Å². The number of ether oxygens (including phenoxy) is 1. The molecule has 0 aromatic heterocycles. The van der Waals surface area contributed by atoms with Crippen LogP contribution in [-0.4, -0.2) is 30.3 Å². The number of carbonyl (C=O) groups is 1. The molecule has 0 spiro atoms. The van der Waals surface area contributed by atoms with Gasteiger partial charge in [-0.1, -0.05) is 6.07 Å². The zero-order valence-electron chi connectivity index (χ0n) is 9.99. The van der Waals surface area contributed by atoms with Crippen LogP contribution in [0, 0.1) is 5.82 Å². The van der Waals surface area contributed by atoms with Crippen LogP contribution in [0.3, 0.4) is 0 Å². The number of rotatable bonds is 3. The van der Waals surface area contributed by atoms with Gasteiger partial charge in [0.1, 0.15) is 23.2 Å². The molecule has 2 N–H and O–H groups in total. The SMILES string of the molecule is O=C(O)c1c(F)cccc1OC1CCCNCC1. The van der Waals surface area contributed by atoms with Gasteiger partial charge in [-0.25, -0.2) is 9.18 Å². The van der Waals surface area contributed by atoms with Crippen LogP contribution in [0.2, 0.25) is 0 Å². The van der Waals surface area contributed by atoms with Crippen LogP contribution < -0.4 is 10.1 Å². The van der Waals surface area contributed by atoms with E-state index in [1.807, 2.05) is 0 Å². The van der Waals surface area contributed by atoms with E-state index in [1.54, 1.807) is 0 Å². The minimum Gasteiger partial charge on any atom is -0.489 e. The highest BCUT2D eigenvalue weighted by Gasteiger charge is 2.20. The van der Waals surface area contributed by atoms with Crippen molar-refractivity contribution in [3.8, 4) is 5.75 Å². The van der Waals surface area contributed by atoms with Crippen molar-refractivity contribution in [3.05, 3.63) is 29.6 Å². The molecule has 1 fully saturated rings. The fraction of sp³-hybridized carbons (Fsp3) is 0.462. The van der Waals surface area contributed by atoms with E-state index < -0.39 is 11.8 Å². The molecule has 0 saturated carbocycles. The molecule has 1 aromatic rings. The minimum absolute atomic E-state index is 0.0556. The Balaban J connectivity index is 2.17. The molecular weight excluding hydrogens is 237 g/mol. The van der Waals surface area contributed by atoms with E-state index >= 15 is 0 Å². The van der Waals surface area contributed by atoms with Gasteiger partial charge in [0, 0.05) is 0 Å². The predicted molar refractivity (Wildman–Crippen MR) is 64.5 cm³/mol. The van der Waals surface area contributed by atoms with Gasteiger partial charge in [0.05, 0.1) is 0 Å². The number of benzene rings is 1. The first kappa shape index (κ1) is 12.8. The Hall–Kier alpha value is -1.62. The molecule has 1 heterocycles. The molecule has 1 aliphatic heterocycles. The zero-order valence-corrected chi connectivity index (χ0v) is 9.99. The molecule has 1 unspecified atom stereocenters. The molecule has 1 saturated heterocycles. The van der Waals surface area contributed by atoms with Crippen molar-refractivity contribution in [2.24, 2.45) is 0 Å². The summed E-state index contributed by atoms with van der Waals surface area (Å²) in [5, 5.41) is 12.2. The summed E-state index contributed by atoms with van der Waals surface area (Å²) in [7, 11) is 0. The van der Waals surface area contributed by atoms with Crippen molar-refractivity contribution in [3.63, 3.8) is 0 Å². The summed E-state index contributed by atoms with van der Waals surface area (Å²) in [6.45, 7) is 1.77. The van der Waals surface area contributed by atoms with Crippen LogP contribution in [0.4, 0.5) is 4.39 Å². The van der Waals surface area contributed by atoms with Crippen molar-refractivity contribution in [1.29, 1.82) is 0 Å². The van der Waals surface area contributed by atoms with Gasteiger partial charge in [-0.15, -0.1) is 0 Å². The fourth-order valence-electron chi connectivity index (χ4n) is 2.09. The Kier molecular flexibility index (Phi) is 4.15. The standard InChI is InChI=1S/C13H16FNO3/c14-10-4-1-5-11(12(10)13(16)17)18-9-3-2-7-15-8-6-9/h1,4-5,9,15H,2-3,6-8H2,(H,16,17). The second kappa shape index (κ2) is 5.82. The fourth-order valence-corrected chi connectivity index (χ4v) is 2.09. The van der Waals surface area contributed by atoms with Crippen LogP contribution in [-0.2, 0) is 0 Å². The minimum atomic E-state index is -1.30. The molecule has 1 atom stereocenters. The maximum Gasteiger partial charge on any atom is 0.342 e. The Bertz CT molecular complexity index is 428. The molecule has 0 aliphatic carbocycles. The first-order valence-electron chi connectivity index (χ1n) is 6.07. The molecule has 5 heteroatoms. The Labute approximate surface area is 105 Å². The molecule has 0 radical (unpaired) electrons. The van der Waals surface area contributed by atoms with E-state index in [2.05, 4.69) is 5.32 Å². The summed E-state index contributed by atoms with van der Waals surface area (Å²) in [5.41, 5.74) is -0.380. The lowest BCUT2D eigenvalue weighted by Gasteiger charge is -2.18. The maximum absolute atomic E-state index is 13.5. The molecule has 2 rings (SSSR count). The van der Waals surface area contributed by atoms with Crippen LogP contribution >= 0.6 is 0 Å². The van der Waals surface area contributed by atoms with Gasteiger partial charge in [-0.05, 0) is 44.5 Å². The van der Waals surface area contributed by atoms with E-state index in [4.69, 9.17) is 9.84 Å². The molecule has 0 amide bonds. The highest BCUT2D eigenvalue weighted by atomic mass is 19.1. The predicted octanol–water partition coefficient (Wildman–Crippen LogP) is 2.04. The molecule has 98 valence electrons. The van der Waals surface area contributed by atoms with Gasteiger partial charge in [0.15, 0.2) is 0 Å².